The maximum atomic E-state index is 12.5. The molecule has 0 aliphatic carbocycles. The van der Waals surface area contributed by atoms with E-state index < -0.39 is 11.6 Å². The predicted octanol–water partition coefficient (Wildman–Crippen LogP) is 1.85. The van der Waals surface area contributed by atoms with Gasteiger partial charge in [-0.1, -0.05) is 30.3 Å². The minimum Gasteiger partial charge on any atom is -0.479 e. The number of nitrogens with zero attached hydrogens (tertiary/aromatic N) is 2. The summed E-state index contributed by atoms with van der Waals surface area (Å²) in [5.41, 5.74) is 0.0365. The molecule has 1 saturated heterocycles. The summed E-state index contributed by atoms with van der Waals surface area (Å²) in [6.07, 6.45) is 1.43. The number of carbonyl (C=O) groups excluding carboxylic acids is 1. The number of amides is 2. The van der Waals surface area contributed by atoms with Crippen molar-refractivity contribution < 1.29 is 19.4 Å². The first kappa shape index (κ1) is 17.3. The first-order chi connectivity index (χ1) is 11.0. The normalized spacial score (nSPS) is 16.9. The smallest absolute Gasteiger partial charge is 0.336 e. The third-order valence-corrected chi connectivity index (χ3v) is 4.53. The molecule has 6 heteroatoms. The van der Waals surface area contributed by atoms with E-state index in [2.05, 4.69) is 0 Å². The van der Waals surface area contributed by atoms with Gasteiger partial charge in [0, 0.05) is 46.6 Å². The van der Waals surface area contributed by atoms with Crippen LogP contribution in [0.1, 0.15) is 18.4 Å². The van der Waals surface area contributed by atoms with E-state index in [-0.39, 0.29) is 6.03 Å². The average molecular weight is 320 g/mol. The van der Waals surface area contributed by atoms with Crippen molar-refractivity contribution in [1.29, 1.82) is 0 Å². The lowest BCUT2D eigenvalue weighted by Gasteiger charge is -2.39. The van der Waals surface area contributed by atoms with Crippen molar-refractivity contribution in [1.82, 2.24) is 9.80 Å². The lowest BCUT2D eigenvalue weighted by molar-refractivity contribution is -0.167. The molecule has 1 aromatic rings. The average Bonchev–Trinajstić information content (AvgIpc) is 2.59. The van der Waals surface area contributed by atoms with Crippen LogP contribution in [-0.2, 0) is 16.0 Å². The van der Waals surface area contributed by atoms with Gasteiger partial charge in [0.2, 0.25) is 0 Å². The first-order valence-corrected chi connectivity index (χ1v) is 7.81. The number of ether oxygens (including phenoxy) is 1. The molecule has 0 spiro atoms. The number of carboxylic acids is 1. The van der Waals surface area contributed by atoms with Gasteiger partial charge in [-0.2, -0.15) is 0 Å². The molecule has 1 aliphatic rings. The SMILES string of the molecule is COC1(C(=O)O)CCN(C(=O)N(C)CCc2ccccc2)CC1. The molecular formula is C17H24N2O4. The second kappa shape index (κ2) is 7.46. The second-order valence-corrected chi connectivity index (χ2v) is 5.93. The second-order valence-electron chi connectivity index (χ2n) is 5.93. The Morgan fingerprint density at radius 2 is 1.87 bits per heavy atom. The largest absolute Gasteiger partial charge is 0.479 e. The summed E-state index contributed by atoms with van der Waals surface area (Å²) in [6.45, 7) is 1.43. The fourth-order valence-electron chi connectivity index (χ4n) is 2.84. The van der Waals surface area contributed by atoms with Crippen LogP contribution in [0, 0.1) is 0 Å². The van der Waals surface area contributed by atoms with Gasteiger partial charge in [0.25, 0.3) is 0 Å². The Bertz CT molecular complexity index is 539. The third-order valence-electron chi connectivity index (χ3n) is 4.53. The van der Waals surface area contributed by atoms with E-state index in [9.17, 15) is 14.7 Å². The summed E-state index contributed by atoms with van der Waals surface area (Å²) in [5, 5.41) is 9.29. The fraction of sp³-hybridized carbons (Fsp3) is 0.529. The van der Waals surface area contributed by atoms with E-state index in [1.54, 1.807) is 16.8 Å². The van der Waals surface area contributed by atoms with Crippen molar-refractivity contribution in [2.45, 2.75) is 24.9 Å². The topological polar surface area (TPSA) is 70.1 Å². The zero-order chi connectivity index (χ0) is 16.9. The number of rotatable bonds is 5. The first-order valence-electron chi connectivity index (χ1n) is 7.81. The lowest BCUT2D eigenvalue weighted by atomic mass is 9.91. The molecular weight excluding hydrogens is 296 g/mol. The van der Waals surface area contributed by atoms with E-state index in [1.807, 2.05) is 30.3 Å². The van der Waals surface area contributed by atoms with Crippen LogP contribution < -0.4 is 0 Å². The fourth-order valence-corrected chi connectivity index (χ4v) is 2.84. The number of likely N-dealkylation sites (tertiary alicyclic amines) is 1. The standard InChI is InChI=1S/C17H24N2O4/c1-18(11-8-14-6-4-3-5-7-14)16(22)19-12-9-17(23-2,10-13-19)15(20)21/h3-7H,8-13H2,1-2H3,(H,20,21). The Balaban J connectivity index is 1.85. The van der Waals surface area contributed by atoms with Crippen LogP contribution in [0.4, 0.5) is 4.79 Å². The van der Waals surface area contributed by atoms with E-state index in [4.69, 9.17) is 4.74 Å². The number of hydrogen-bond acceptors (Lipinski definition) is 3. The van der Waals surface area contributed by atoms with E-state index in [0.29, 0.717) is 32.5 Å². The van der Waals surface area contributed by atoms with Gasteiger partial charge in [0.05, 0.1) is 0 Å². The summed E-state index contributed by atoms with van der Waals surface area (Å²) in [6, 6.07) is 9.96. The monoisotopic (exact) mass is 320 g/mol. The summed E-state index contributed by atoms with van der Waals surface area (Å²) in [7, 11) is 3.19. The van der Waals surface area contributed by atoms with Crippen LogP contribution >= 0.6 is 0 Å². The molecule has 0 unspecified atom stereocenters. The molecule has 126 valence electrons. The Morgan fingerprint density at radius 3 is 2.39 bits per heavy atom. The van der Waals surface area contributed by atoms with E-state index in [1.165, 1.54) is 12.7 Å². The molecule has 0 radical (unpaired) electrons. The third kappa shape index (κ3) is 4.01. The number of benzene rings is 1. The highest BCUT2D eigenvalue weighted by molar-refractivity contribution is 5.79. The van der Waals surface area contributed by atoms with Gasteiger partial charge in [-0.15, -0.1) is 0 Å². The zero-order valence-corrected chi connectivity index (χ0v) is 13.7. The van der Waals surface area contributed by atoms with Crippen molar-refractivity contribution in [3.05, 3.63) is 35.9 Å². The van der Waals surface area contributed by atoms with Gasteiger partial charge >= 0.3 is 12.0 Å². The number of likely N-dealkylation sites (N-methyl/N-ethyl adjacent to an activating group) is 1. The van der Waals surface area contributed by atoms with Gasteiger partial charge in [-0.05, 0) is 12.0 Å². The predicted molar refractivity (Wildman–Crippen MR) is 86.4 cm³/mol. The van der Waals surface area contributed by atoms with Gasteiger partial charge in [-0.25, -0.2) is 9.59 Å². The van der Waals surface area contributed by atoms with Crippen LogP contribution in [0.5, 0.6) is 0 Å². The molecule has 1 heterocycles. The summed E-state index contributed by atoms with van der Waals surface area (Å²) in [5.74, 6) is -0.954. The highest BCUT2D eigenvalue weighted by Gasteiger charge is 2.43. The number of aliphatic carboxylic acids is 1. The Kier molecular flexibility index (Phi) is 5.60. The Hall–Kier alpha value is -2.08. The van der Waals surface area contributed by atoms with Gasteiger partial charge in [0.15, 0.2) is 5.60 Å². The van der Waals surface area contributed by atoms with E-state index in [0.717, 1.165) is 6.42 Å². The molecule has 0 bridgehead atoms. The maximum Gasteiger partial charge on any atom is 0.336 e. The van der Waals surface area contributed by atoms with Crippen LogP contribution in [0.25, 0.3) is 0 Å². The lowest BCUT2D eigenvalue weighted by Crippen LogP contribution is -2.54. The van der Waals surface area contributed by atoms with Crippen molar-refractivity contribution >= 4 is 12.0 Å². The number of piperidine rings is 1. The van der Waals surface area contributed by atoms with Crippen LogP contribution in [0.15, 0.2) is 30.3 Å². The molecule has 1 aromatic carbocycles. The van der Waals surface area contributed by atoms with Crippen LogP contribution in [-0.4, -0.2) is 66.3 Å². The molecule has 1 N–H and O–H groups in total. The highest BCUT2D eigenvalue weighted by atomic mass is 16.5. The number of carbonyl (C=O) groups is 2. The number of carboxylic acid groups (broad SMARTS) is 1. The Labute approximate surface area is 136 Å². The maximum absolute atomic E-state index is 12.5. The van der Waals surface area contributed by atoms with Crippen molar-refractivity contribution in [2.75, 3.05) is 33.8 Å². The molecule has 2 amide bonds. The minimum atomic E-state index is -1.15. The number of urea groups is 1. The van der Waals surface area contributed by atoms with Gasteiger partial charge < -0.3 is 19.6 Å². The Morgan fingerprint density at radius 1 is 1.26 bits per heavy atom. The molecule has 0 aromatic heterocycles. The van der Waals surface area contributed by atoms with E-state index >= 15 is 0 Å². The highest BCUT2D eigenvalue weighted by Crippen LogP contribution is 2.26. The molecule has 0 atom stereocenters. The van der Waals surface area contributed by atoms with Crippen LogP contribution in [0.2, 0.25) is 0 Å². The molecule has 2 rings (SSSR count). The van der Waals surface area contributed by atoms with Crippen molar-refractivity contribution in [2.24, 2.45) is 0 Å². The number of methoxy groups -OCH3 is 1. The quantitative estimate of drug-likeness (QED) is 0.899. The van der Waals surface area contributed by atoms with Crippen LogP contribution in [0.3, 0.4) is 0 Å². The molecule has 0 saturated carbocycles. The summed E-state index contributed by atoms with van der Waals surface area (Å²) >= 11 is 0. The van der Waals surface area contributed by atoms with Crippen molar-refractivity contribution in [3.63, 3.8) is 0 Å². The summed E-state index contributed by atoms with van der Waals surface area (Å²) in [4.78, 5) is 27.2. The number of hydrogen-bond donors (Lipinski definition) is 1. The molecule has 1 aliphatic heterocycles. The molecule has 23 heavy (non-hydrogen) atoms. The van der Waals surface area contributed by atoms with Crippen molar-refractivity contribution in [3.8, 4) is 0 Å². The minimum absolute atomic E-state index is 0.0592. The molecule has 6 nitrogen and oxygen atoms in total. The van der Waals surface area contributed by atoms with Gasteiger partial charge in [-0.3, -0.25) is 0 Å². The summed E-state index contributed by atoms with van der Waals surface area (Å²) < 4.78 is 5.18. The zero-order valence-electron chi connectivity index (χ0n) is 13.7. The molecule has 1 fully saturated rings. The van der Waals surface area contributed by atoms with Gasteiger partial charge in [0.1, 0.15) is 0 Å².